The molecular formula is C62H66BN. The highest BCUT2D eigenvalue weighted by Crippen LogP contribution is 2.69. The Morgan fingerprint density at radius 2 is 1.16 bits per heavy atom. The van der Waals surface area contributed by atoms with Crippen LogP contribution in [-0.2, 0) is 27.1 Å². The van der Waals surface area contributed by atoms with Crippen LogP contribution in [0.2, 0.25) is 0 Å². The molecule has 0 radical (unpaired) electrons. The highest BCUT2D eigenvalue weighted by Gasteiger charge is 2.63. The Kier molecular flexibility index (Phi) is 8.25. The van der Waals surface area contributed by atoms with Crippen LogP contribution in [0.15, 0.2) is 127 Å². The number of rotatable bonds is 3. The molecule has 64 heavy (non-hydrogen) atoms. The molecule has 1 saturated carbocycles. The number of benzene rings is 6. The summed E-state index contributed by atoms with van der Waals surface area (Å²) in [6.07, 6.45) is 7.49. The number of hydrogen-bond donors (Lipinski definition) is 0. The van der Waals surface area contributed by atoms with Crippen molar-refractivity contribution < 1.29 is 0 Å². The molecule has 0 spiro atoms. The Labute approximate surface area is 384 Å². The van der Waals surface area contributed by atoms with E-state index in [0.717, 1.165) is 0 Å². The maximum Gasteiger partial charge on any atom is 0.247 e. The third kappa shape index (κ3) is 5.26. The van der Waals surface area contributed by atoms with Gasteiger partial charge in [-0.1, -0.05) is 198 Å². The molecule has 0 N–H and O–H groups in total. The zero-order valence-electron chi connectivity index (χ0n) is 40.4. The first-order chi connectivity index (χ1) is 30.3. The van der Waals surface area contributed by atoms with Gasteiger partial charge in [0.25, 0.3) is 0 Å². The van der Waals surface area contributed by atoms with Gasteiger partial charge in [0.15, 0.2) is 0 Å². The Morgan fingerprint density at radius 1 is 0.562 bits per heavy atom. The smallest absolute Gasteiger partial charge is 0.247 e. The van der Waals surface area contributed by atoms with Gasteiger partial charge in [0, 0.05) is 28.4 Å². The average Bonchev–Trinajstić information content (AvgIpc) is 3.64. The number of allylic oxidation sites excluding steroid dienone is 1. The lowest BCUT2D eigenvalue weighted by molar-refractivity contribution is 0.0926. The van der Waals surface area contributed by atoms with Gasteiger partial charge in [-0.2, -0.15) is 0 Å². The van der Waals surface area contributed by atoms with E-state index in [2.05, 4.69) is 202 Å². The van der Waals surface area contributed by atoms with Gasteiger partial charge in [0.05, 0.1) is 0 Å². The van der Waals surface area contributed by atoms with Gasteiger partial charge < -0.3 is 4.90 Å². The molecule has 0 bridgehead atoms. The molecule has 3 unspecified atom stereocenters. The molecule has 2 heteroatoms. The van der Waals surface area contributed by atoms with Crippen molar-refractivity contribution >= 4 is 34.5 Å². The van der Waals surface area contributed by atoms with Gasteiger partial charge in [-0.25, -0.2) is 0 Å². The van der Waals surface area contributed by atoms with Gasteiger partial charge in [-0.05, 0) is 149 Å². The minimum atomic E-state index is -0.260. The van der Waals surface area contributed by atoms with E-state index in [1.807, 2.05) is 0 Å². The molecule has 0 aromatic heterocycles. The van der Waals surface area contributed by atoms with Crippen molar-refractivity contribution in [2.75, 3.05) is 4.90 Å². The minimum Gasteiger partial charge on any atom is -0.314 e. The van der Waals surface area contributed by atoms with E-state index in [0.29, 0.717) is 5.92 Å². The van der Waals surface area contributed by atoms with Crippen LogP contribution < -0.4 is 15.8 Å². The summed E-state index contributed by atoms with van der Waals surface area (Å²) in [5, 5.41) is 0. The fourth-order valence-corrected chi connectivity index (χ4v) is 14.5. The van der Waals surface area contributed by atoms with Crippen molar-refractivity contribution in [3.63, 3.8) is 0 Å². The lowest BCUT2D eigenvalue weighted by Crippen LogP contribution is -2.57. The second kappa shape index (κ2) is 13.1. The van der Waals surface area contributed by atoms with Crippen molar-refractivity contribution in [2.24, 2.45) is 5.41 Å². The van der Waals surface area contributed by atoms with E-state index in [1.165, 1.54) is 94.5 Å². The first-order valence-corrected chi connectivity index (χ1v) is 24.7. The summed E-state index contributed by atoms with van der Waals surface area (Å²) in [4.78, 5) is 2.78. The third-order valence-corrected chi connectivity index (χ3v) is 18.5. The third-order valence-electron chi connectivity index (χ3n) is 18.5. The van der Waals surface area contributed by atoms with E-state index in [4.69, 9.17) is 0 Å². The first kappa shape index (κ1) is 40.4. The molecule has 322 valence electrons. The molecular weight excluding hydrogens is 770 g/mol. The Hall–Kier alpha value is -5.08. The maximum absolute atomic E-state index is 2.78. The Bertz CT molecular complexity index is 2980. The van der Waals surface area contributed by atoms with Crippen LogP contribution in [0.1, 0.15) is 165 Å². The van der Waals surface area contributed by atoms with Gasteiger partial charge in [-0.3, -0.25) is 0 Å². The fraction of sp³-hybridized carbons (Fsp3) is 0.387. The maximum atomic E-state index is 2.78. The fourth-order valence-electron chi connectivity index (χ4n) is 14.5. The van der Waals surface area contributed by atoms with Gasteiger partial charge in [0.1, 0.15) is 0 Å². The van der Waals surface area contributed by atoms with Crippen LogP contribution in [0.5, 0.6) is 0 Å². The molecule has 2 aliphatic heterocycles. The molecule has 2 heterocycles. The Morgan fingerprint density at radius 3 is 1.78 bits per heavy atom. The summed E-state index contributed by atoms with van der Waals surface area (Å²) in [5.41, 5.74) is 26.6. The van der Waals surface area contributed by atoms with Gasteiger partial charge in [-0.15, -0.1) is 0 Å². The first-order valence-electron chi connectivity index (χ1n) is 24.7. The number of nitrogens with zero attached hydrogens (tertiary/aromatic N) is 1. The molecule has 3 atom stereocenters. The normalized spacial score (nSPS) is 25.0. The largest absolute Gasteiger partial charge is 0.314 e. The molecule has 1 fully saturated rings. The van der Waals surface area contributed by atoms with E-state index >= 15 is 0 Å². The molecule has 1 nitrogen and oxygen atoms in total. The molecule has 12 rings (SSSR count). The van der Waals surface area contributed by atoms with Crippen LogP contribution in [0.25, 0.3) is 27.7 Å². The van der Waals surface area contributed by atoms with Crippen LogP contribution in [0, 0.1) is 5.41 Å². The summed E-state index contributed by atoms with van der Waals surface area (Å²) in [6, 6.07) is 48.4. The lowest BCUT2D eigenvalue weighted by Gasteiger charge is -2.51. The summed E-state index contributed by atoms with van der Waals surface area (Å²) in [6.45, 7) is 27.6. The highest BCUT2D eigenvalue weighted by atomic mass is 15.2. The van der Waals surface area contributed by atoms with E-state index in [1.54, 1.807) is 44.2 Å². The molecule has 6 aromatic rings. The molecule has 4 aliphatic carbocycles. The predicted molar refractivity (Wildman–Crippen MR) is 274 cm³/mol. The Balaban J connectivity index is 1.25. The lowest BCUT2D eigenvalue weighted by atomic mass is 9.29. The van der Waals surface area contributed by atoms with Crippen molar-refractivity contribution in [1.29, 1.82) is 0 Å². The number of hydrogen-bond acceptors (Lipinski definition) is 1. The average molecular weight is 836 g/mol. The summed E-state index contributed by atoms with van der Waals surface area (Å²) in [7, 11) is 0. The van der Waals surface area contributed by atoms with Crippen molar-refractivity contribution in [3.8, 4) is 22.3 Å². The van der Waals surface area contributed by atoms with Gasteiger partial charge in [0.2, 0.25) is 6.71 Å². The quantitative estimate of drug-likeness (QED) is 0.161. The monoisotopic (exact) mass is 836 g/mol. The zero-order chi connectivity index (χ0) is 44.5. The molecule has 6 aromatic carbocycles. The van der Waals surface area contributed by atoms with Crippen molar-refractivity contribution in [2.45, 2.75) is 148 Å². The van der Waals surface area contributed by atoms with Crippen LogP contribution in [0.4, 0.5) is 11.4 Å². The number of fused-ring (bicyclic) bond motifs is 9. The summed E-state index contributed by atoms with van der Waals surface area (Å²) in [5.74, 6) is 0.311. The van der Waals surface area contributed by atoms with Crippen LogP contribution in [-0.4, -0.2) is 6.71 Å². The van der Waals surface area contributed by atoms with E-state index in [9.17, 15) is 0 Å². The standard InChI is InChI=1S/C62H66BN/c1-57(2,3)42-24-26-43(27-25-42)64-51-35-40(38-20-14-12-15-21-38)32-45-53-52-49(61(10)28-18-19-29-62(53,61)11)33-41(39-22-16-13-17-23-39)34-50(52)63(54(45)51)55-44-36-47-48(37-46(44)60(8,9)56(55)64)59(6,7)31-30-58(47,4)5/h12-17,20-27,32-37,53H,18-19,28-31H2,1-11H3. The van der Waals surface area contributed by atoms with Crippen LogP contribution >= 0.6 is 0 Å². The molecule has 6 aliphatic rings. The minimum absolute atomic E-state index is 0.0618. The second-order valence-electron chi connectivity index (χ2n) is 24.3. The SMILES string of the molecule is CC(C)(C)c1ccc(N2C3=C(B4c5cc(-c6ccccc6)cc6c5C(c5cc(-c7ccccc7)cc2c54)C2(C)CCCCC62C)c2cc4c(cc2C3(C)C)C(C)(C)CCC4(C)C)cc1. The molecule has 0 saturated heterocycles. The summed E-state index contributed by atoms with van der Waals surface area (Å²) >= 11 is 0. The topological polar surface area (TPSA) is 3.24 Å². The van der Waals surface area contributed by atoms with Crippen LogP contribution in [0.3, 0.4) is 0 Å². The predicted octanol–water partition coefficient (Wildman–Crippen LogP) is 15.0. The highest BCUT2D eigenvalue weighted by molar-refractivity contribution is 7.02. The van der Waals surface area contributed by atoms with Gasteiger partial charge >= 0.3 is 0 Å². The second-order valence-corrected chi connectivity index (χ2v) is 24.3. The van der Waals surface area contributed by atoms with E-state index in [-0.39, 0.29) is 39.2 Å². The number of anilines is 2. The molecule has 0 amide bonds. The zero-order valence-corrected chi connectivity index (χ0v) is 40.4. The van der Waals surface area contributed by atoms with E-state index < -0.39 is 0 Å². The van der Waals surface area contributed by atoms with Crippen molar-refractivity contribution in [1.82, 2.24) is 0 Å². The summed E-state index contributed by atoms with van der Waals surface area (Å²) < 4.78 is 0. The van der Waals surface area contributed by atoms with Crippen molar-refractivity contribution in [3.05, 3.63) is 172 Å².